The molecule has 3 N–H and O–H groups in total. The van der Waals surface area contributed by atoms with Gasteiger partial charge < -0.3 is 20.7 Å². The van der Waals surface area contributed by atoms with Crippen LogP contribution in [0.15, 0.2) is 48.5 Å². The Kier molecular flexibility index (Phi) is 4.88. The Morgan fingerprint density at radius 2 is 1.96 bits per heavy atom. The molecule has 2 aromatic rings. The fraction of sp³-hybridized carbons (Fsp3) is 0.211. The third kappa shape index (κ3) is 3.66. The van der Waals surface area contributed by atoms with Gasteiger partial charge in [-0.15, -0.1) is 0 Å². The van der Waals surface area contributed by atoms with Crippen LogP contribution in [0.2, 0.25) is 0 Å². The Bertz CT molecular complexity index is 865. The van der Waals surface area contributed by atoms with Gasteiger partial charge in [-0.05, 0) is 30.3 Å². The normalized spacial score (nSPS) is 16.4. The molecule has 2 aromatic carbocycles. The van der Waals surface area contributed by atoms with Crippen molar-refractivity contribution < 1.29 is 19.1 Å². The monoisotopic (exact) mass is 353 g/mol. The molecule has 0 radical (unpaired) electrons. The van der Waals surface area contributed by atoms with Gasteiger partial charge in [-0.2, -0.15) is 0 Å². The molecule has 0 saturated carbocycles. The van der Waals surface area contributed by atoms with E-state index in [0.717, 1.165) is 0 Å². The van der Waals surface area contributed by atoms with Crippen LogP contribution in [0.1, 0.15) is 16.8 Å². The smallest absolute Gasteiger partial charge is 0.248 e. The van der Waals surface area contributed by atoms with Gasteiger partial charge in [0.25, 0.3) is 0 Å². The van der Waals surface area contributed by atoms with E-state index in [1.165, 1.54) is 6.07 Å². The number of benzene rings is 2. The first-order chi connectivity index (χ1) is 12.5. The van der Waals surface area contributed by atoms with E-state index in [1.807, 2.05) is 0 Å². The van der Waals surface area contributed by atoms with Gasteiger partial charge in [-0.3, -0.25) is 14.4 Å². The number of nitrogens with two attached hydrogens (primary N) is 1. The molecule has 1 aliphatic heterocycles. The first-order valence-electron chi connectivity index (χ1n) is 8.13. The number of nitrogens with zero attached hydrogens (tertiary/aromatic N) is 1. The zero-order valence-electron chi connectivity index (χ0n) is 14.3. The van der Waals surface area contributed by atoms with Gasteiger partial charge in [-0.1, -0.05) is 12.1 Å². The van der Waals surface area contributed by atoms with E-state index in [2.05, 4.69) is 5.32 Å². The maximum Gasteiger partial charge on any atom is 0.248 e. The van der Waals surface area contributed by atoms with Crippen molar-refractivity contribution in [3.8, 4) is 5.75 Å². The Labute approximate surface area is 150 Å². The third-order valence-corrected chi connectivity index (χ3v) is 4.28. The standard InChI is InChI=1S/C19H19N3O4/c1-26-16-7-3-6-15(10-16)22-11-13(9-17(22)23)19(25)21-14-5-2-4-12(8-14)18(20)24/h2-8,10,13H,9,11H2,1H3,(H2,20,24)(H,21,25). The Morgan fingerprint density at radius 3 is 2.69 bits per heavy atom. The quantitative estimate of drug-likeness (QED) is 0.855. The average Bonchev–Trinajstić information content (AvgIpc) is 3.04. The lowest BCUT2D eigenvalue weighted by atomic mass is 10.1. The van der Waals surface area contributed by atoms with Gasteiger partial charge in [0, 0.05) is 36.0 Å². The molecule has 0 aromatic heterocycles. The Morgan fingerprint density at radius 1 is 1.19 bits per heavy atom. The fourth-order valence-electron chi connectivity index (χ4n) is 2.91. The van der Waals surface area contributed by atoms with Crippen LogP contribution in [0.4, 0.5) is 11.4 Å². The van der Waals surface area contributed by atoms with Crippen molar-refractivity contribution in [1.82, 2.24) is 0 Å². The predicted molar refractivity (Wildman–Crippen MR) is 97.0 cm³/mol. The van der Waals surface area contributed by atoms with Gasteiger partial charge in [-0.25, -0.2) is 0 Å². The van der Waals surface area contributed by atoms with Gasteiger partial charge in [0.05, 0.1) is 13.0 Å². The van der Waals surface area contributed by atoms with E-state index in [0.29, 0.717) is 22.7 Å². The van der Waals surface area contributed by atoms with E-state index in [4.69, 9.17) is 10.5 Å². The number of carbonyl (C=O) groups excluding carboxylic acids is 3. The molecule has 7 heteroatoms. The maximum atomic E-state index is 12.5. The zero-order valence-corrected chi connectivity index (χ0v) is 14.3. The minimum Gasteiger partial charge on any atom is -0.497 e. The molecule has 26 heavy (non-hydrogen) atoms. The summed E-state index contributed by atoms with van der Waals surface area (Å²) < 4.78 is 5.18. The molecule has 1 saturated heterocycles. The lowest BCUT2D eigenvalue weighted by Crippen LogP contribution is -2.28. The molecule has 1 unspecified atom stereocenters. The number of carbonyl (C=O) groups is 3. The second-order valence-electron chi connectivity index (χ2n) is 6.04. The van der Waals surface area contributed by atoms with Crippen LogP contribution in [0.5, 0.6) is 5.75 Å². The van der Waals surface area contributed by atoms with Crippen LogP contribution in [0.3, 0.4) is 0 Å². The number of rotatable bonds is 5. The second-order valence-corrected chi connectivity index (χ2v) is 6.04. The highest BCUT2D eigenvalue weighted by molar-refractivity contribution is 6.04. The van der Waals surface area contributed by atoms with Crippen molar-refractivity contribution in [1.29, 1.82) is 0 Å². The molecule has 7 nitrogen and oxygen atoms in total. The minimum atomic E-state index is -0.568. The van der Waals surface area contributed by atoms with E-state index >= 15 is 0 Å². The van der Waals surface area contributed by atoms with Gasteiger partial charge in [0.2, 0.25) is 17.7 Å². The van der Waals surface area contributed by atoms with Crippen LogP contribution in [-0.4, -0.2) is 31.4 Å². The predicted octanol–water partition coefficient (Wildman–Crippen LogP) is 1.79. The number of amides is 3. The molecule has 134 valence electrons. The molecule has 1 fully saturated rings. The molecule has 3 rings (SSSR count). The topological polar surface area (TPSA) is 102 Å². The van der Waals surface area contributed by atoms with Gasteiger partial charge >= 0.3 is 0 Å². The summed E-state index contributed by atoms with van der Waals surface area (Å²) in [7, 11) is 1.56. The summed E-state index contributed by atoms with van der Waals surface area (Å²) in [6, 6.07) is 13.5. The van der Waals surface area contributed by atoms with Crippen molar-refractivity contribution in [2.75, 3.05) is 23.9 Å². The first kappa shape index (κ1) is 17.5. The summed E-state index contributed by atoms with van der Waals surface area (Å²) in [6.07, 6.45) is 0.124. The van der Waals surface area contributed by atoms with Crippen LogP contribution in [0, 0.1) is 5.92 Å². The minimum absolute atomic E-state index is 0.121. The number of hydrogen-bond acceptors (Lipinski definition) is 4. The highest BCUT2D eigenvalue weighted by atomic mass is 16.5. The van der Waals surface area contributed by atoms with Crippen LogP contribution < -0.4 is 20.7 Å². The van der Waals surface area contributed by atoms with E-state index in [1.54, 1.807) is 54.5 Å². The summed E-state index contributed by atoms with van der Waals surface area (Å²) >= 11 is 0. The first-order valence-corrected chi connectivity index (χ1v) is 8.13. The summed E-state index contributed by atoms with van der Waals surface area (Å²) in [6.45, 7) is 0.285. The summed E-state index contributed by atoms with van der Waals surface area (Å²) in [5.41, 5.74) is 6.72. The molecule has 0 aliphatic carbocycles. The molecule has 3 amide bonds. The van der Waals surface area contributed by atoms with E-state index in [-0.39, 0.29) is 24.8 Å². The van der Waals surface area contributed by atoms with Crippen LogP contribution >= 0.6 is 0 Å². The lowest BCUT2D eigenvalue weighted by Gasteiger charge is -2.17. The molecular weight excluding hydrogens is 334 g/mol. The Hall–Kier alpha value is -3.35. The van der Waals surface area contributed by atoms with Crippen molar-refractivity contribution in [2.45, 2.75) is 6.42 Å². The zero-order chi connectivity index (χ0) is 18.7. The largest absolute Gasteiger partial charge is 0.497 e. The number of ether oxygens (including phenoxy) is 1. The number of nitrogens with one attached hydrogen (secondary N) is 1. The molecule has 1 heterocycles. The van der Waals surface area contributed by atoms with E-state index in [9.17, 15) is 14.4 Å². The van der Waals surface area contributed by atoms with Crippen molar-refractivity contribution >= 4 is 29.1 Å². The molecule has 0 spiro atoms. The number of hydrogen-bond donors (Lipinski definition) is 2. The number of primary amides is 1. The maximum absolute atomic E-state index is 12.5. The lowest BCUT2D eigenvalue weighted by molar-refractivity contribution is -0.122. The summed E-state index contributed by atoms with van der Waals surface area (Å²) in [5, 5.41) is 2.74. The van der Waals surface area contributed by atoms with Crippen molar-refractivity contribution in [2.24, 2.45) is 11.7 Å². The van der Waals surface area contributed by atoms with Gasteiger partial charge in [0.1, 0.15) is 5.75 Å². The highest BCUT2D eigenvalue weighted by Gasteiger charge is 2.35. The molecule has 0 bridgehead atoms. The number of anilines is 2. The fourth-order valence-corrected chi connectivity index (χ4v) is 2.91. The molecular formula is C19H19N3O4. The van der Waals surface area contributed by atoms with Gasteiger partial charge in [0.15, 0.2) is 0 Å². The van der Waals surface area contributed by atoms with E-state index < -0.39 is 11.8 Å². The third-order valence-electron chi connectivity index (χ3n) is 4.28. The summed E-state index contributed by atoms with van der Waals surface area (Å²) in [5.74, 6) is -0.798. The molecule has 1 aliphatic rings. The van der Waals surface area contributed by atoms with Crippen molar-refractivity contribution in [3.05, 3.63) is 54.1 Å². The molecule has 1 atom stereocenters. The average molecular weight is 353 g/mol. The van der Waals surface area contributed by atoms with Crippen molar-refractivity contribution in [3.63, 3.8) is 0 Å². The Balaban J connectivity index is 1.71. The SMILES string of the molecule is COc1cccc(N2CC(C(=O)Nc3cccc(C(N)=O)c3)CC2=O)c1. The van der Waals surface area contributed by atoms with Crippen LogP contribution in [-0.2, 0) is 9.59 Å². The second kappa shape index (κ2) is 7.26. The highest BCUT2D eigenvalue weighted by Crippen LogP contribution is 2.28. The number of methoxy groups -OCH3 is 1. The summed E-state index contributed by atoms with van der Waals surface area (Å²) in [4.78, 5) is 37.7. The van der Waals surface area contributed by atoms with Crippen LogP contribution in [0.25, 0.3) is 0 Å².